The first kappa shape index (κ1) is 16.8. The molecular formula is C16H16N4O2S. The summed E-state index contributed by atoms with van der Waals surface area (Å²) in [6, 6.07) is 5.63. The van der Waals surface area contributed by atoms with Crippen molar-refractivity contribution in [1.82, 2.24) is 9.80 Å². The molecule has 1 aliphatic heterocycles. The van der Waals surface area contributed by atoms with Crippen molar-refractivity contribution in [2.45, 2.75) is 19.9 Å². The number of terminal acetylenes is 1. The smallest absolute Gasteiger partial charge is 0.265 e. The second-order valence-corrected chi connectivity index (χ2v) is 5.13. The monoisotopic (exact) mass is 328 g/mol. The molecule has 0 unspecified atom stereocenters. The second kappa shape index (κ2) is 7.11. The minimum absolute atomic E-state index is 0.214. The highest BCUT2D eigenvalue weighted by molar-refractivity contribution is 7.80. The second-order valence-electron chi connectivity index (χ2n) is 4.76. The van der Waals surface area contributed by atoms with E-state index in [9.17, 15) is 9.59 Å². The SMILES string of the molecule is C#Cc1cccc(N=NC2C(=O)N(CC)C(=S)N(CC)C2=O)c1. The van der Waals surface area contributed by atoms with E-state index in [1.54, 1.807) is 38.1 Å². The molecule has 0 atom stereocenters. The molecule has 6 nitrogen and oxygen atoms in total. The van der Waals surface area contributed by atoms with Gasteiger partial charge in [-0.1, -0.05) is 12.0 Å². The quantitative estimate of drug-likeness (QED) is 0.368. The van der Waals surface area contributed by atoms with Crippen LogP contribution >= 0.6 is 12.2 Å². The molecule has 0 radical (unpaired) electrons. The molecule has 1 fully saturated rings. The van der Waals surface area contributed by atoms with E-state index in [1.165, 1.54) is 9.80 Å². The molecule has 1 aliphatic rings. The van der Waals surface area contributed by atoms with Gasteiger partial charge in [0.1, 0.15) is 0 Å². The van der Waals surface area contributed by atoms with E-state index < -0.39 is 17.9 Å². The van der Waals surface area contributed by atoms with Crippen molar-refractivity contribution in [2.24, 2.45) is 10.2 Å². The van der Waals surface area contributed by atoms with Crippen molar-refractivity contribution in [3.63, 3.8) is 0 Å². The molecule has 0 N–H and O–H groups in total. The van der Waals surface area contributed by atoms with Gasteiger partial charge in [-0.25, -0.2) is 0 Å². The Hall–Kier alpha value is -2.59. The molecule has 0 aromatic heterocycles. The molecule has 0 bridgehead atoms. The number of thiocarbonyl (C=S) groups is 1. The number of carbonyl (C=O) groups excluding carboxylic acids is 2. The van der Waals surface area contributed by atoms with Crippen LogP contribution in [0.15, 0.2) is 34.5 Å². The fraction of sp³-hybridized carbons (Fsp3) is 0.312. The Morgan fingerprint density at radius 3 is 2.35 bits per heavy atom. The van der Waals surface area contributed by atoms with Crippen LogP contribution in [-0.4, -0.2) is 45.9 Å². The molecule has 0 aliphatic carbocycles. The Bertz CT molecular complexity index is 697. The fourth-order valence-corrected chi connectivity index (χ4v) is 2.64. The van der Waals surface area contributed by atoms with Gasteiger partial charge in [-0.3, -0.25) is 19.4 Å². The lowest BCUT2D eigenvalue weighted by Crippen LogP contribution is -2.61. The highest BCUT2D eigenvalue weighted by Gasteiger charge is 2.42. The van der Waals surface area contributed by atoms with Gasteiger partial charge < -0.3 is 0 Å². The Kier molecular flexibility index (Phi) is 5.19. The van der Waals surface area contributed by atoms with E-state index in [0.29, 0.717) is 24.3 Å². The fourth-order valence-electron chi connectivity index (χ4n) is 2.20. The third-order valence-electron chi connectivity index (χ3n) is 3.40. The zero-order valence-corrected chi connectivity index (χ0v) is 13.7. The number of hydrogen-bond donors (Lipinski definition) is 0. The van der Waals surface area contributed by atoms with Gasteiger partial charge in [0.05, 0.1) is 5.69 Å². The van der Waals surface area contributed by atoms with Crippen LogP contribution in [0.3, 0.4) is 0 Å². The van der Waals surface area contributed by atoms with Crippen LogP contribution in [0.25, 0.3) is 0 Å². The van der Waals surface area contributed by atoms with Crippen molar-refractivity contribution in [3.8, 4) is 12.3 Å². The lowest BCUT2D eigenvalue weighted by atomic mass is 10.2. The van der Waals surface area contributed by atoms with Gasteiger partial charge in [-0.15, -0.1) is 6.42 Å². The lowest BCUT2D eigenvalue weighted by Gasteiger charge is -2.36. The van der Waals surface area contributed by atoms with Gasteiger partial charge in [0.15, 0.2) is 5.11 Å². The first-order chi connectivity index (χ1) is 11.0. The molecule has 1 aromatic carbocycles. The highest BCUT2D eigenvalue weighted by Crippen LogP contribution is 2.19. The van der Waals surface area contributed by atoms with Gasteiger partial charge >= 0.3 is 0 Å². The summed E-state index contributed by atoms with van der Waals surface area (Å²) >= 11 is 5.18. The third-order valence-corrected chi connectivity index (χ3v) is 3.84. The molecule has 23 heavy (non-hydrogen) atoms. The molecule has 0 saturated carbocycles. The Labute approximate surface area is 140 Å². The van der Waals surface area contributed by atoms with Gasteiger partial charge in [0.2, 0.25) is 6.04 Å². The average Bonchev–Trinajstić information content (AvgIpc) is 2.55. The number of nitrogens with zero attached hydrogens (tertiary/aromatic N) is 4. The summed E-state index contributed by atoms with van der Waals surface area (Å²) in [6.45, 7) is 4.33. The van der Waals surface area contributed by atoms with Gasteiger partial charge in [0, 0.05) is 18.7 Å². The largest absolute Gasteiger partial charge is 0.287 e. The van der Waals surface area contributed by atoms with Crippen molar-refractivity contribution in [3.05, 3.63) is 29.8 Å². The molecule has 2 amide bonds. The molecule has 0 spiro atoms. The lowest BCUT2D eigenvalue weighted by molar-refractivity contribution is -0.142. The normalized spacial score (nSPS) is 16.3. The van der Waals surface area contributed by atoms with Gasteiger partial charge in [0.25, 0.3) is 11.8 Å². The van der Waals surface area contributed by atoms with E-state index in [0.717, 1.165) is 0 Å². The number of likely N-dealkylation sites (N-methyl/N-ethyl adjacent to an activating group) is 2. The number of benzene rings is 1. The van der Waals surface area contributed by atoms with Gasteiger partial charge in [-0.2, -0.15) is 10.2 Å². The van der Waals surface area contributed by atoms with Crippen molar-refractivity contribution < 1.29 is 9.59 Å². The molecule has 1 heterocycles. The summed E-state index contributed by atoms with van der Waals surface area (Å²) in [5, 5.41) is 8.14. The third kappa shape index (κ3) is 3.27. The molecular weight excluding hydrogens is 312 g/mol. The number of rotatable bonds is 4. The van der Waals surface area contributed by atoms with Gasteiger partial charge in [-0.05, 0) is 44.3 Å². The maximum atomic E-state index is 12.4. The zero-order valence-electron chi connectivity index (χ0n) is 12.9. The maximum absolute atomic E-state index is 12.4. The minimum atomic E-state index is -1.21. The average molecular weight is 328 g/mol. The molecule has 7 heteroatoms. The number of carbonyl (C=O) groups is 2. The van der Waals surface area contributed by atoms with E-state index in [4.69, 9.17) is 18.6 Å². The summed E-state index contributed by atoms with van der Waals surface area (Å²) in [7, 11) is 0. The van der Waals surface area contributed by atoms with Crippen LogP contribution in [0, 0.1) is 12.3 Å². The van der Waals surface area contributed by atoms with Crippen molar-refractivity contribution in [1.29, 1.82) is 0 Å². The molecule has 1 saturated heterocycles. The Morgan fingerprint density at radius 1 is 1.22 bits per heavy atom. The summed E-state index contributed by atoms with van der Waals surface area (Å²) in [4.78, 5) is 27.5. The topological polar surface area (TPSA) is 65.3 Å². The minimum Gasteiger partial charge on any atom is -0.287 e. The zero-order chi connectivity index (χ0) is 17.0. The number of hydrogen-bond acceptors (Lipinski definition) is 5. The summed E-state index contributed by atoms with van der Waals surface area (Å²) in [5.74, 6) is 1.58. The molecule has 118 valence electrons. The summed E-state index contributed by atoms with van der Waals surface area (Å²) < 4.78 is 0. The molecule has 2 rings (SSSR count). The maximum Gasteiger partial charge on any atom is 0.265 e. The van der Waals surface area contributed by atoms with Crippen LogP contribution in [0.2, 0.25) is 0 Å². The van der Waals surface area contributed by atoms with E-state index in [-0.39, 0.29) is 5.11 Å². The Balaban J connectivity index is 2.31. The van der Waals surface area contributed by atoms with Crippen molar-refractivity contribution >= 4 is 34.8 Å². The van der Waals surface area contributed by atoms with Crippen LogP contribution < -0.4 is 0 Å². The first-order valence-electron chi connectivity index (χ1n) is 7.17. The number of amides is 2. The number of azo groups is 1. The first-order valence-corrected chi connectivity index (χ1v) is 7.58. The van der Waals surface area contributed by atoms with Crippen LogP contribution in [0.1, 0.15) is 19.4 Å². The van der Waals surface area contributed by atoms with Crippen LogP contribution in [0.4, 0.5) is 5.69 Å². The van der Waals surface area contributed by atoms with E-state index in [1.807, 2.05) is 0 Å². The standard InChI is InChI=1S/C16H16N4O2S/c1-4-11-8-7-9-12(10-11)17-18-13-14(21)19(5-2)16(23)20(6-3)15(13)22/h1,7-10,13H,5-6H2,2-3H3. The molecule has 1 aromatic rings. The highest BCUT2D eigenvalue weighted by atomic mass is 32.1. The Morgan fingerprint density at radius 2 is 1.83 bits per heavy atom. The van der Waals surface area contributed by atoms with E-state index >= 15 is 0 Å². The van der Waals surface area contributed by atoms with Crippen molar-refractivity contribution in [2.75, 3.05) is 13.1 Å². The van der Waals surface area contributed by atoms with Crippen LogP contribution in [0.5, 0.6) is 0 Å². The summed E-state index contributed by atoms with van der Waals surface area (Å²) in [6.07, 6.45) is 5.33. The predicted molar refractivity (Wildman–Crippen MR) is 90.1 cm³/mol. The van der Waals surface area contributed by atoms with E-state index in [2.05, 4.69) is 16.1 Å². The summed E-state index contributed by atoms with van der Waals surface area (Å²) in [5.41, 5.74) is 1.13. The van der Waals surface area contributed by atoms with Crippen LogP contribution in [-0.2, 0) is 9.59 Å². The predicted octanol–water partition coefficient (Wildman–Crippen LogP) is 2.12.